The Morgan fingerprint density at radius 3 is 2.86 bits per heavy atom. The number of halogens is 2. The molecule has 0 bridgehead atoms. The summed E-state index contributed by atoms with van der Waals surface area (Å²) in [5.41, 5.74) is 0.591. The number of aliphatic imine (C=N–C) groups is 1. The van der Waals surface area contributed by atoms with Crippen molar-refractivity contribution < 1.29 is 9.18 Å². The summed E-state index contributed by atoms with van der Waals surface area (Å²) in [6.45, 7) is 0.173. The number of nitrogens with zero attached hydrogens (tertiary/aromatic N) is 1. The number of alkyl halides is 1. The van der Waals surface area contributed by atoms with Crippen LogP contribution in [0.1, 0.15) is 18.2 Å². The zero-order valence-corrected chi connectivity index (χ0v) is 9.00. The number of isocyanates is 1. The Bertz CT molecular complexity index is 350. The number of rotatable bonds is 4. The molecule has 0 heterocycles. The normalized spacial score (nSPS) is 11.9. The minimum absolute atomic E-state index is 0.173. The summed E-state index contributed by atoms with van der Waals surface area (Å²) in [5.74, 6) is 0. The van der Waals surface area contributed by atoms with Crippen molar-refractivity contribution in [3.63, 3.8) is 0 Å². The summed E-state index contributed by atoms with van der Waals surface area (Å²) in [5, 5.41) is 0. The van der Waals surface area contributed by atoms with E-state index < -0.39 is 6.17 Å². The van der Waals surface area contributed by atoms with E-state index >= 15 is 0 Å². The van der Waals surface area contributed by atoms with Gasteiger partial charge in [0.25, 0.3) is 0 Å². The van der Waals surface area contributed by atoms with Gasteiger partial charge in [-0.15, -0.1) is 0 Å². The van der Waals surface area contributed by atoms with Gasteiger partial charge in [-0.3, -0.25) is 0 Å². The molecule has 1 unspecified atom stereocenters. The van der Waals surface area contributed by atoms with Crippen molar-refractivity contribution in [1.29, 1.82) is 0 Å². The lowest BCUT2D eigenvalue weighted by atomic mass is 10.1. The first-order chi connectivity index (χ1) is 6.75. The van der Waals surface area contributed by atoms with Crippen LogP contribution in [0.5, 0.6) is 0 Å². The highest BCUT2D eigenvalue weighted by Crippen LogP contribution is 2.28. The Hall–Kier alpha value is -0.990. The highest BCUT2D eigenvalue weighted by atomic mass is 79.9. The fraction of sp³-hybridized carbons (Fsp3) is 0.300. The average molecular weight is 258 g/mol. The van der Waals surface area contributed by atoms with Crippen molar-refractivity contribution in [2.45, 2.75) is 12.6 Å². The summed E-state index contributed by atoms with van der Waals surface area (Å²) in [7, 11) is 0. The van der Waals surface area contributed by atoms with E-state index in [2.05, 4.69) is 20.9 Å². The van der Waals surface area contributed by atoms with Crippen molar-refractivity contribution in [3.8, 4) is 0 Å². The third-order valence-electron chi connectivity index (χ3n) is 1.80. The zero-order valence-electron chi connectivity index (χ0n) is 7.41. The average Bonchev–Trinajstić information content (AvgIpc) is 2.18. The van der Waals surface area contributed by atoms with E-state index in [9.17, 15) is 9.18 Å². The smallest absolute Gasteiger partial charge is 0.234 e. The maximum absolute atomic E-state index is 13.5. The molecule has 0 aliphatic carbocycles. The standard InChI is InChI=1S/C10H9BrFNO/c11-9-4-2-1-3-8(9)10(12)5-6-13-7-14/h1-4,10H,5-6H2. The highest BCUT2D eigenvalue weighted by Gasteiger charge is 2.11. The van der Waals surface area contributed by atoms with Gasteiger partial charge >= 0.3 is 0 Å². The fourth-order valence-corrected chi connectivity index (χ4v) is 1.64. The molecule has 0 aliphatic rings. The van der Waals surface area contributed by atoms with Crippen LogP contribution in [-0.2, 0) is 4.79 Å². The molecular formula is C10H9BrFNO. The zero-order chi connectivity index (χ0) is 10.4. The molecule has 0 radical (unpaired) electrons. The maximum atomic E-state index is 13.5. The van der Waals surface area contributed by atoms with E-state index in [0.717, 1.165) is 4.47 Å². The van der Waals surface area contributed by atoms with Gasteiger partial charge in [-0.05, 0) is 6.07 Å². The van der Waals surface area contributed by atoms with E-state index in [1.54, 1.807) is 18.2 Å². The van der Waals surface area contributed by atoms with E-state index in [1.807, 2.05) is 6.07 Å². The van der Waals surface area contributed by atoms with Crippen molar-refractivity contribution in [1.82, 2.24) is 0 Å². The van der Waals surface area contributed by atoms with Crippen LogP contribution < -0.4 is 0 Å². The number of benzene rings is 1. The summed E-state index contributed by atoms with van der Waals surface area (Å²) >= 11 is 3.26. The lowest BCUT2D eigenvalue weighted by molar-refractivity contribution is 0.326. The van der Waals surface area contributed by atoms with Gasteiger partial charge in [-0.1, -0.05) is 34.1 Å². The van der Waals surface area contributed by atoms with Gasteiger partial charge in [0.05, 0.1) is 6.54 Å². The fourth-order valence-electron chi connectivity index (χ4n) is 1.11. The molecule has 1 rings (SSSR count). The van der Waals surface area contributed by atoms with Gasteiger partial charge in [0.15, 0.2) is 0 Å². The molecule has 1 aromatic rings. The maximum Gasteiger partial charge on any atom is 0.234 e. The second-order valence-corrected chi connectivity index (χ2v) is 3.61. The van der Waals surface area contributed by atoms with Crippen LogP contribution in [0.2, 0.25) is 0 Å². The minimum atomic E-state index is -1.09. The summed E-state index contributed by atoms with van der Waals surface area (Å²) < 4.78 is 14.2. The van der Waals surface area contributed by atoms with Gasteiger partial charge in [0.1, 0.15) is 6.17 Å². The van der Waals surface area contributed by atoms with Crippen molar-refractivity contribution in [2.24, 2.45) is 4.99 Å². The first-order valence-electron chi connectivity index (χ1n) is 4.18. The molecule has 1 atom stereocenters. The van der Waals surface area contributed by atoms with Crippen LogP contribution in [0.3, 0.4) is 0 Å². The summed E-state index contributed by atoms with van der Waals surface area (Å²) in [6.07, 6.45) is 0.497. The SMILES string of the molecule is O=C=NCCC(F)c1ccccc1Br. The Morgan fingerprint density at radius 2 is 2.21 bits per heavy atom. The molecule has 0 N–H and O–H groups in total. The van der Waals surface area contributed by atoms with Gasteiger partial charge in [0.2, 0.25) is 6.08 Å². The van der Waals surface area contributed by atoms with Crippen LogP contribution >= 0.6 is 15.9 Å². The molecule has 14 heavy (non-hydrogen) atoms. The number of hydrogen-bond acceptors (Lipinski definition) is 2. The topological polar surface area (TPSA) is 29.4 Å². The first kappa shape index (κ1) is 11.1. The summed E-state index contributed by atoms with van der Waals surface area (Å²) in [6, 6.07) is 7.09. The van der Waals surface area contributed by atoms with Crippen LogP contribution in [0.4, 0.5) is 4.39 Å². The van der Waals surface area contributed by atoms with E-state index in [4.69, 9.17) is 0 Å². The molecule has 0 saturated carbocycles. The largest absolute Gasteiger partial charge is 0.242 e. The second kappa shape index (κ2) is 5.68. The van der Waals surface area contributed by atoms with Crippen molar-refractivity contribution in [2.75, 3.05) is 6.54 Å². The van der Waals surface area contributed by atoms with E-state index in [1.165, 1.54) is 6.08 Å². The van der Waals surface area contributed by atoms with Gasteiger partial charge in [0, 0.05) is 16.5 Å². The second-order valence-electron chi connectivity index (χ2n) is 2.75. The predicted octanol–water partition coefficient (Wildman–Crippen LogP) is 3.19. The van der Waals surface area contributed by atoms with Crippen molar-refractivity contribution in [3.05, 3.63) is 34.3 Å². The molecule has 1 aromatic carbocycles. The molecule has 0 amide bonds. The lowest BCUT2D eigenvalue weighted by Crippen LogP contribution is -1.95. The molecule has 4 heteroatoms. The van der Waals surface area contributed by atoms with Gasteiger partial charge in [-0.2, -0.15) is 0 Å². The molecular weight excluding hydrogens is 249 g/mol. The van der Waals surface area contributed by atoms with Crippen LogP contribution in [0, 0.1) is 0 Å². The van der Waals surface area contributed by atoms with Gasteiger partial charge in [-0.25, -0.2) is 14.2 Å². The van der Waals surface area contributed by atoms with Crippen LogP contribution in [0.25, 0.3) is 0 Å². The van der Waals surface area contributed by atoms with Crippen molar-refractivity contribution >= 4 is 22.0 Å². The molecule has 0 aromatic heterocycles. The van der Waals surface area contributed by atoms with E-state index in [0.29, 0.717) is 5.56 Å². The Labute approximate surface area is 90.0 Å². The van der Waals surface area contributed by atoms with E-state index in [-0.39, 0.29) is 13.0 Å². The molecule has 74 valence electrons. The Kier molecular flexibility index (Phi) is 4.50. The monoisotopic (exact) mass is 257 g/mol. The number of carbonyl (C=O) groups excluding carboxylic acids is 1. The Morgan fingerprint density at radius 1 is 1.50 bits per heavy atom. The lowest BCUT2D eigenvalue weighted by Gasteiger charge is -2.08. The highest BCUT2D eigenvalue weighted by molar-refractivity contribution is 9.10. The quantitative estimate of drug-likeness (QED) is 0.602. The van der Waals surface area contributed by atoms with Gasteiger partial charge < -0.3 is 0 Å². The predicted molar refractivity (Wildman–Crippen MR) is 55.6 cm³/mol. The third-order valence-corrected chi connectivity index (χ3v) is 2.52. The molecule has 0 saturated heterocycles. The molecule has 0 aliphatic heterocycles. The molecule has 2 nitrogen and oxygen atoms in total. The Balaban J connectivity index is 2.64. The first-order valence-corrected chi connectivity index (χ1v) is 4.97. The molecule has 0 fully saturated rings. The van der Waals surface area contributed by atoms with Crippen LogP contribution in [0.15, 0.2) is 33.7 Å². The van der Waals surface area contributed by atoms with Crippen LogP contribution in [-0.4, -0.2) is 12.6 Å². The minimum Gasteiger partial charge on any atom is -0.242 e. The third kappa shape index (κ3) is 3.05. The molecule has 0 spiro atoms. The number of hydrogen-bond donors (Lipinski definition) is 0. The summed E-state index contributed by atoms with van der Waals surface area (Å²) in [4.78, 5) is 13.1.